The summed E-state index contributed by atoms with van der Waals surface area (Å²) in [6, 6.07) is 2.96. The molecule has 0 bridgehead atoms. The predicted molar refractivity (Wildman–Crippen MR) is 67.7 cm³/mol. The van der Waals surface area contributed by atoms with Crippen molar-refractivity contribution < 1.29 is 18.3 Å². The van der Waals surface area contributed by atoms with E-state index in [0.717, 1.165) is 18.2 Å². The maximum absolute atomic E-state index is 13.4. The van der Waals surface area contributed by atoms with Crippen LogP contribution in [0.2, 0.25) is 0 Å². The maximum Gasteiger partial charge on any atom is 0.237 e. The van der Waals surface area contributed by atoms with Gasteiger partial charge in [0.15, 0.2) is 11.6 Å². The monoisotopic (exact) mass is 272 g/mol. The summed E-state index contributed by atoms with van der Waals surface area (Å²) in [4.78, 5) is 11.3. The van der Waals surface area contributed by atoms with E-state index in [9.17, 15) is 13.6 Å². The van der Waals surface area contributed by atoms with Crippen LogP contribution in [0.5, 0.6) is 5.75 Å². The van der Waals surface area contributed by atoms with E-state index in [1.807, 2.05) is 0 Å². The molecule has 0 saturated heterocycles. The average molecular weight is 272 g/mol. The van der Waals surface area contributed by atoms with E-state index in [4.69, 9.17) is 10.5 Å². The molecule has 0 saturated carbocycles. The van der Waals surface area contributed by atoms with Gasteiger partial charge in [-0.3, -0.25) is 4.79 Å². The number of amides is 1. The number of ether oxygens (including phenoxy) is 1. The molecule has 19 heavy (non-hydrogen) atoms. The third kappa shape index (κ3) is 3.89. The van der Waals surface area contributed by atoms with E-state index in [0.29, 0.717) is 0 Å². The van der Waals surface area contributed by atoms with Gasteiger partial charge in [0, 0.05) is 12.5 Å². The maximum atomic E-state index is 13.4. The van der Waals surface area contributed by atoms with E-state index >= 15 is 0 Å². The molecule has 2 atom stereocenters. The average Bonchev–Trinajstić information content (AvgIpc) is 2.33. The summed E-state index contributed by atoms with van der Waals surface area (Å²) in [7, 11) is 1.60. The zero-order valence-electron chi connectivity index (χ0n) is 11.2. The Morgan fingerprint density at radius 3 is 2.68 bits per heavy atom. The molecule has 0 aliphatic heterocycles. The van der Waals surface area contributed by atoms with Crippen LogP contribution in [0.25, 0.3) is 0 Å². The Bertz CT molecular complexity index is 468. The summed E-state index contributed by atoms with van der Waals surface area (Å²) >= 11 is 0. The van der Waals surface area contributed by atoms with Gasteiger partial charge >= 0.3 is 0 Å². The van der Waals surface area contributed by atoms with Crippen molar-refractivity contribution in [1.29, 1.82) is 0 Å². The Balaban J connectivity index is 2.77. The molecule has 1 rings (SSSR count). The standard InChI is InChI=1S/C13H18F2N2O2/c1-8(7-13(2,17-3)12(16)18)19-11-6-9(14)4-5-10(11)15/h4-6,8,17H,7H2,1-3H3,(H2,16,18). The van der Waals surface area contributed by atoms with Crippen LogP contribution in [-0.2, 0) is 4.79 Å². The molecule has 0 aromatic heterocycles. The summed E-state index contributed by atoms with van der Waals surface area (Å²) in [5.41, 5.74) is 4.32. The van der Waals surface area contributed by atoms with Crippen LogP contribution in [0.4, 0.5) is 8.78 Å². The first-order valence-electron chi connectivity index (χ1n) is 5.89. The molecule has 106 valence electrons. The van der Waals surface area contributed by atoms with Crippen LogP contribution in [0.15, 0.2) is 18.2 Å². The molecule has 0 aliphatic carbocycles. The van der Waals surface area contributed by atoms with Gasteiger partial charge < -0.3 is 15.8 Å². The topological polar surface area (TPSA) is 64.3 Å². The second-order valence-electron chi connectivity index (χ2n) is 4.65. The Labute approximate surface area is 110 Å². The van der Waals surface area contributed by atoms with Gasteiger partial charge in [0.05, 0.1) is 11.6 Å². The van der Waals surface area contributed by atoms with Crippen molar-refractivity contribution in [1.82, 2.24) is 5.32 Å². The highest BCUT2D eigenvalue weighted by Gasteiger charge is 2.31. The Morgan fingerprint density at radius 2 is 2.16 bits per heavy atom. The first kappa shape index (κ1) is 15.4. The molecule has 1 amide bonds. The Morgan fingerprint density at radius 1 is 1.53 bits per heavy atom. The molecule has 0 radical (unpaired) electrons. The van der Waals surface area contributed by atoms with E-state index in [1.165, 1.54) is 0 Å². The molecule has 6 heteroatoms. The summed E-state index contributed by atoms with van der Waals surface area (Å²) in [6.07, 6.45) is -0.282. The molecule has 1 aromatic carbocycles. The molecular formula is C13H18F2N2O2. The highest BCUT2D eigenvalue weighted by Crippen LogP contribution is 2.22. The third-order valence-electron chi connectivity index (χ3n) is 3.01. The summed E-state index contributed by atoms with van der Waals surface area (Å²) in [5, 5.41) is 2.80. The van der Waals surface area contributed by atoms with Gasteiger partial charge in [-0.2, -0.15) is 0 Å². The van der Waals surface area contributed by atoms with Crippen molar-refractivity contribution in [3.05, 3.63) is 29.8 Å². The van der Waals surface area contributed by atoms with Gasteiger partial charge in [-0.15, -0.1) is 0 Å². The Kier molecular flexibility index (Phi) is 4.83. The first-order valence-corrected chi connectivity index (χ1v) is 5.89. The molecule has 0 spiro atoms. The lowest BCUT2D eigenvalue weighted by atomic mass is 9.94. The number of nitrogens with one attached hydrogen (secondary N) is 1. The molecule has 0 heterocycles. The Hall–Kier alpha value is -1.69. The lowest BCUT2D eigenvalue weighted by molar-refractivity contribution is -0.124. The summed E-state index contributed by atoms with van der Waals surface area (Å²) in [6.45, 7) is 3.28. The van der Waals surface area contributed by atoms with Gasteiger partial charge in [0.2, 0.25) is 5.91 Å². The molecule has 0 aliphatic rings. The number of carbonyl (C=O) groups excluding carboxylic acids is 1. The van der Waals surface area contributed by atoms with E-state index in [-0.39, 0.29) is 12.2 Å². The fourth-order valence-electron chi connectivity index (χ4n) is 1.73. The normalized spacial score (nSPS) is 15.6. The van der Waals surface area contributed by atoms with Gasteiger partial charge in [-0.1, -0.05) is 0 Å². The SMILES string of the molecule is CNC(C)(CC(C)Oc1cc(F)ccc1F)C(N)=O. The second kappa shape index (κ2) is 5.97. The lowest BCUT2D eigenvalue weighted by Gasteiger charge is -2.28. The molecule has 2 unspecified atom stereocenters. The number of likely N-dealkylation sites (N-methyl/N-ethyl adjacent to an activating group) is 1. The smallest absolute Gasteiger partial charge is 0.237 e. The zero-order chi connectivity index (χ0) is 14.6. The van der Waals surface area contributed by atoms with Crippen LogP contribution in [0.1, 0.15) is 20.3 Å². The highest BCUT2D eigenvalue weighted by molar-refractivity contribution is 5.84. The predicted octanol–water partition coefficient (Wildman–Crippen LogP) is 1.59. The van der Waals surface area contributed by atoms with Crippen molar-refractivity contribution in [2.45, 2.75) is 31.9 Å². The highest BCUT2D eigenvalue weighted by atomic mass is 19.1. The number of primary amides is 1. The van der Waals surface area contributed by atoms with Crippen LogP contribution in [0.3, 0.4) is 0 Å². The molecule has 0 fully saturated rings. The quantitative estimate of drug-likeness (QED) is 0.826. The van der Waals surface area contributed by atoms with E-state index < -0.39 is 29.2 Å². The minimum absolute atomic E-state index is 0.185. The fourth-order valence-corrected chi connectivity index (χ4v) is 1.73. The van der Waals surface area contributed by atoms with E-state index in [2.05, 4.69) is 5.32 Å². The van der Waals surface area contributed by atoms with E-state index in [1.54, 1.807) is 20.9 Å². The fraction of sp³-hybridized carbons (Fsp3) is 0.462. The first-order chi connectivity index (χ1) is 8.78. The number of nitrogens with two attached hydrogens (primary N) is 1. The lowest BCUT2D eigenvalue weighted by Crippen LogP contribution is -2.53. The zero-order valence-corrected chi connectivity index (χ0v) is 11.2. The third-order valence-corrected chi connectivity index (χ3v) is 3.01. The van der Waals surface area contributed by atoms with Crippen molar-refractivity contribution in [2.24, 2.45) is 5.73 Å². The molecule has 3 N–H and O–H groups in total. The number of hydrogen-bond donors (Lipinski definition) is 2. The molecule has 1 aromatic rings. The number of benzene rings is 1. The second-order valence-corrected chi connectivity index (χ2v) is 4.65. The van der Waals surface area contributed by atoms with Crippen molar-refractivity contribution in [2.75, 3.05) is 7.05 Å². The van der Waals surface area contributed by atoms with Crippen LogP contribution < -0.4 is 15.8 Å². The van der Waals surface area contributed by atoms with Gasteiger partial charge in [0.1, 0.15) is 5.82 Å². The van der Waals surface area contributed by atoms with Crippen molar-refractivity contribution >= 4 is 5.91 Å². The van der Waals surface area contributed by atoms with Gasteiger partial charge in [0.25, 0.3) is 0 Å². The minimum Gasteiger partial charge on any atom is -0.487 e. The largest absolute Gasteiger partial charge is 0.487 e. The minimum atomic E-state index is -0.969. The molecule has 4 nitrogen and oxygen atoms in total. The number of halogens is 2. The number of rotatable bonds is 6. The van der Waals surface area contributed by atoms with Gasteiger partial charge in [-0.05, 0) is 33.0 Å². The number of carbonyl (C=O) groups is 1. The van der Waals surface area contributed by atoms with Gasteiger partial charge in [-0.25, -0.2) is 8.78 Å². The molecular weight excluding hydrogens is 254 g/mol. The summed E-state index contributed by atoms with van der Waals surface area (Å²) in [5.74, 6) is -1.96. The van der Waals surface area contributed by atoms with Crippen LogP contribution in [-0.4, -0.2) is 24.6 Å². The number of hydrogen-bond acceptors (Lipinski definition) is 3. The summed E-state index contributed by atoms with van der Waals surface area (Å²) < 4.78 is 31.7. The van der Waals surface area contributed by atoms with Crippen molar-refractivity contribution in [3.8, 4) is 5.75 Å². The van der Waals surface area contributed by atoms with Crippen molar-refractivity contribution in [3.63, 3.8) is 0 Å². The van der Waals surface area contributed by atoms with Crippen LogP contribution in [0, 0.1) is 11.6 Å². The van der Waals surface area contributed by atoms with Crippen LogP contribution >= 0.6 is 0 Å².